The summed E-state index contributed by atoms with van der Waals surface area (Å²) < 4.78 is 5.41. The molecule has 5 heteroatoms. The molecule has 1 saturated carbocycles. The molecule has 19 heavy (non-hydrogen) atoms. The number of hydrogen-bond acceptors (Lipinski definition) is 5. The van der Waals surface area contributed by atoms with Crippen LogP contribution in [0.2, 0.25) is 0 Å². The molecule has 0 aliphatic heterocycles. The first kappa shape index (κ1) is 13.9. The molecular weight excluding hydrogens is 240 g/mol. The lowest BCUT2D eigenvalue weighted by Gasteiger charge is -2.19. The van der Waals surface area contributed by atoms with Crippen LogP contribution in [0.3, 0.4) is 0 Å². The molecule has 1 aliphatic rings. The van der Waals surface area contributed by atoms with Crippen molar-refractivity contribution < 1.29 is 4.74 Å². The van der Waals surface area contributed by atoms with Crippen LogP contribution in [0.5, 0.6) is 5.75 Å². The quantitative estimate of drug-likeness (QED) is 0.819. The fourth-order valence-corrected chi connectivity index (χ4v) is 2.67. The Balaban J connectivity index is 2.09. The molecule has 2 unspecified atom stereocenters. The van der Waals surface area contributed by atoms with E-state index in [1.807, 2.05) is 7.05 Å². The van der Waals surface area contributed by atoms with Gasteiger partial charge in [-0.25, -0.2) is 9.97 Å². The van der Waals surface area contributed by atoms with E-state index in [4.69, 9.17) is 4.74 Å². The molecule has 1 aromatic rings. The van der Waals surface area contributed by atoms with Crippen molar-refractivity contribution in [2.75, 3.05) is 24.8 Å². The smallest absolute Gasteiger partial charge is 0.204 e. The first-order chi connectivity index (χ1) is 9.24. The molecule has 1 aromatic heterocycles. The predicted molar refractivity (Wildman–Crippen MR) is 77.8 cm³/mol. The molecule has 0 spiro atoms. The fourth-order valence-electron chi connectivity index (χ4n) is 2.67. The van der Waals surface area contributed by atoms with Crippen molar-refractivity contribution >= 4 is 11.6 Å². The van der Waals surface area contributed by atoms with Crippen molar-refractivity contribution in [3.8, 4) is 5.75 Å². The zero-order valence-corrected chi connectivity index (χ0v) is 12.1. The van der Waals surface area contributed by atoms with Crippen LogP contribution in [0.15, 0.2) is 6.33 Å². The summed E-state index contributed by atoms with van der Waals surface area (Å²) in [5.41, 5.74) is 0. The summed E-state index contributed by atoms with van der Waals surface area (Å²) in [6.07, 6.45) is 7.86. The van der Waals surface area contributed by atoms with Gasteiger partial charge in [0.2, 0.25) is 5.75 Å². The largest absolute Gasteiger partial charge is 0.490 e. The van der Waals surface area contributed by atoms with Gasteiger partial charge in [0.25, 0.3) is 0 Å². The summed E-state index contributed by atoms with van der Waals surface area (Å²) in [6, 6.07) is 0.485. The van der Waals surface area contributed by atoms with Crippen molar-refractivity contribution in [2.45, 2.75) is 45.1 Å². The van der Waals surface area contributed by atoms with Crippen LogP contribution in [-0.4, -0.2) is 30.2 Å². The van der Waals surface area contributed by atoms with Gasteiger partial charge in [0.1, 0.15) is 6.33 Å². The average molecular weight is 264 g/mol. The Kier molecular flexibility index (Phi) is 4.82. The lowest BCUT2D eigenvalue weighted by Crippen LogP contribution is -2.20. The van der Waals surface area contributed by atoms with Gasteiger partial charge >= 0.3 is 0 Å². The molecule has 1 aliphatic carbocycles. The maximum Gasteiger partial charge on any atom is 0.204 e. The minimum atomic E-state index is 0.485. The molecule has 1 heterocycles. The van der Waals surface area contributed by atoms with Gasteiger partial charge in [-0.2, -0.15) is 0 Å². The summed E-state index contributed by atoms with van der Waals surface area (Å²) >= 11 is 0. The Labute approximate surface area is 115 Å². The van der Waals surface area contributed by atoms with Crippen LogP contribution in [0.4, 0.5) is 11.6 Å². The standard InChI is InChI=1S/C14H24N4O/c1-10-5-4-6-11(8-7-10)18-14-12(19-3)13(15-2)16-9-17-14/h9-11H,4-8H2,1-3H3,(H2,15,16,17,18). The summed E-state index contributed by atoms with van der Waals surface area (Å²) in [4.78, 5) is 8.48. The molecular formula is C14H24N4O. The van der Waals surface area contributed by atoms with E-state index in [0.29, 0.717) is 11.8 Å². The molecule has 106 valence electrons. The van der Waals surface area contributed by atoms with Crippen molar-refractivity contribution in [3.05, 3.63) is 6.33 Å². The highest BCUT2D eigenvalue weighted by molar-refractivity contribution is 5.63. The number of anilines is 2. The van der Waals surface area contributed by atoms with E-state index in [1.165, 1.54) is 32.1 Å². The summed E-state index contributed by atoms with van der Waals surface area (Å²) in [5, 5.41) is 6.55. The third-order valence-electron chi connectivity index (χ3n) is 3.84. The molecule has 5 nitrogen and oxygen atoms in total. The van der Waals surface area contributed by atoms with Gasteiger partial charge in [-0.1, -0.05) is 19.8 Å². The molecule has 0 radical (unpaired) electrons. The van der Waals surface area contributed by atoms with Crippen molar-refractivity contribution in [3.63, 3.8) is 0 Å². The summed E-state index contributed by atoms with van der Waals surface area (Å²) in [6.45, 7) is 2.34. The molecule has 0 amide bonds. The van der Waals surface area contributed by atoms with E-state index < -0.39 is 0 Å². The van der Waals surface area contributed by atoms with Crippen LogP contribution in [0.1, 0.15) is 39.0 Å². The molecule has 0 aromatic carbocycles. The number of aromatic nitrogens is 2. The minimum Gasteiger partial charge on any atom is -0.490 e. The van der Waals surface area contributed by atoms with Gasteiger partial charge in [0.15, 0.2) is 11.6 Å². The van der Waals surface area contributed by atoms with Crippen LogP contribution >= 0.6 is 0 Å². The first-order valence-electron chi connectivity index (χ1n) is 7.08. The van der Waals surface area contributed by atoms with Gasteiger partial charge in [-0.05, 0) is 25.2 Å². The number of methoxy groups -OCH3 is 1. The number of hydrogen-bond donors (Lipinski definition) is 2. The Morgan fingerprint density at radius 2 is 1.95 bits per heavy atom. The van der Waals surface area contributed by atoms with Gasteiger partial charge in [0, 0.05) is 13.1 Å². The maximum atomic E-state index is 5.41. The van der Waals surface area contributed by atoms with Gasteiger partial charge in [0.05, 0.1) is 7.11 Å². The van der Waals surface area contributed by atoms with Gasteiger partial charge in [-0.3, -0.25) is 0 Å². The Morgan fingerprint density at radius 3 is 2.68 bits per heavy atom. The van der Waals surface area contributed by atoms with Gasteiger partial charge < -0.3 is 15.4 Å². The van der Waals surface area contributed by atoms with E-state index >= 15 is 0 Å². The molecule has 2 atom stereocenters. The van der Waals surface area contributed by atoms with E-state index in [9.17, 15) is 0 Å². The van der Waals surface area contributed by atoms with E-state index in [0.717, 1.165) is 17.6 Å². The van der Waals surface area contributed by atoms with Gasteiger partial charge in [-0.15, -0.1) is 0 Å². The van der Waals surface area contributed by atoms with E-state index in [1.54, 1.807) is 13.4 Å². The van der Waals surface area contributed by atoms with Crippen molar-refractivity contribution in [1.29, 1.82) is 0 Å². The van der Waals surface area contributed by atoms with Crippen molar-refractivity contribution in [2.24, 2.45) is 5.92 Å². The second kappa shape index (κ2) is 6.59. The minimum absolute atomic E-state index is 0.485. The molecule has 0 bridgehead atoms. The lowest BCUT2D eigenvalue weighted by atomic mass is 10.0. The fraction of sp³-hybridized carbons (Fsp3) is 0.714. The number of rotatable bonds is 4. The van der Waals surface area contributed by atoms with Crippen LogP contribution in [0.25, 0.3) is 0 Å². The van der Waals surface area contributed by atoms with Crippen LogP contribution in [0, 0.1) is 5.92 Å². The van der Waals surface area contributed by atoms with E-state index in [2.05, 4.69) is 27.5 Å². The Bertz CT molecular complexity index is 410. The van der Waals surface area contributed by atoms with Crippen molar-refractivity contribution in [1.82, 2.24) is 9.97 Å². The van der Waals surface area contributed by atoms with E-state index in [-0.39, 0.29) is 0 Å². The Hall–Kier alpha value is -1.52. The molecule has 2 rings (SSSR count). The average Bonchev–Trinajstić information content (AvgIpc) is 2.63. The highest BCUT2D eigenvalue weighted by Crippen LogP contribution is 2.31. The van der Waals surface area contributed by atoms with Crippen LogP contribution < -0.4 is 15.4 Å². The zero-order chi connectivity index (χ0) is 13.7. The third-order valence-corrected chi connectivity index (χ3v) is 3.84. The molecule has 2 N–H and O–H groups in total. The number of nitrogens with zero attached hydrogens (tertiary/aromatic N) is 2. The second-order valence-corrected chi connectivity index (χ2v) is 5.31. The lowest BCUT2D eigenvalue weighted by molar-refractivity contribution is 0.413. The monoisotopic (exact) mass is 264 g/mol. The number of ether oxygens (including phenoxy) is 1. The summed E-state index contributed by atoms with van der Waals surface area (Å²) in [7, 11) is 3.49. The number of nitrogens with one attached hydrogen (secondary N) is 2. The normalized spacial score (nSPS) is 23.5. The van der Waals surface area contributed by atoms with Crippen LogP contribution in [-0.2, 0) is 0 Å². The highest BCUT2D eigenvalue weighted by atomic mass is 16.5. The molecule has 0 saturated heterocycles. The molecule has 1 fully saturated rings. The third kappa shape index (κ3) is 3.49. The first-order valence-corrected chi connectivity index (χ1v) is 7.08. The predicted octanol–water partition coefficient (Wildman–Crippen LogP) is 2.91. The topological polar surface area (TPSA) is 59.1 Å². The SMILES string of the molecule is CNc1ncnc(NC2CCCC(C)CC2)c1OC. The maximum absolute atomic E-state index is 5.41. The zero-order valence-electron chi connectivity index (χ0n) is 12.1. The Morgan fingerprint density at radius 1 is 1.16 bits per heavy atom. The highest BCUT2D eigenvalue weighted by Gasteiger charge is 2.19. The second-order valence-electron chi connectivity index (χ2n) is 5.31. The summed E-state index contributed by atoms with van der Waals surface area (Å²) in [5.74, 6) is 3.05.